The molecule has 1 aliphatic heterocycles. The van der Waals surface area contributed by atoms with E-state index in [4.69, 9.17) is 0 Å². The van der Waals surface area contributed by atoms with Gasteiger partial charge in [-0.25, -0.2) is 0 Å². The Balaban J connectivity index is 1.91. The van der Waals surface area contributed by atoms with Crippen molar-refractivity contribution in [3.05, 3.63) is 42.0 Å². The molecule has 0 bridgehead atoms. The Bertz CT molecular complexity index is 608. The van der Waals surface area contributed by atoms with Gasteiger partial charge >= 0.3 is 5.97 Å². The van der Waals surface area contributed by atoms with Crippen molar-refractivity contribution in [1.29, 1.82) is 0 Å². The van der Waals surface area contributed by atoms with Crippen molar-refractivity contribution in [2.24, 2.45) is 11.8 Å². The predicted molar refractivity (Wildman–Crippen MR) is 80.1 cm³/mol. The minimum atomic E-state index is -0.877. The molecule has 0 unspecified atom stereocenters. The van der Waals surface area contributed by atoms with E-state index in [1.807, 2.05) is 43.3 Å². The monoisotopic (exact) mass is 285 g/mol. The summed E-state index contributed by atoms with van der Waals surface area (Å²) >= 11 is 0. The molecule has 1 aromatic carbocycles. The van der Waals surface area contributed by atoms with Crippen LogP contribution in [0.25, 0.3) is 0 Å². The molecule has 4 heteroatoms. The molecule has 3 atom stereocenters. The van der Waals surface area contributed by atoms with E-state index < -0.39 is 17.8 Å². The molecular weight excluding hydrogens is 266 g/mol. The Morgan fingerprint density at radius 3 is 2.52 bits per heavy atom. The van der Waals surface area contributed by atoms with Crippen molar-refractivity contribution < 1.29 is 14.7 Å². The van der Waals surface area contributed by atoms with Gasteiger partial charge in [0, 0.05) is 11.7 Å². The molecular formula is C17H19NO3. The van der Waals surface area contributed by atoms with Gasteiger partial charge in [0.15, 0.2) is 0 Å². The molecule has 1 N–H and O–H groups in total. The second kappa shape index (κ2) is 5.35. The molecule has 1 heterocycles. The molecule has 0 radical (unpaired) electrons. The van der Waals surface area contributed by atoms with Gasteiger partial charge in [-0.15, -0.1) is 0 Å². The first kappa shape index (κ1) is 13.9. The van der Waals surface area contributed by atoms with E-state index in [1.54, 1.807) is 4.90 Å². The van der Waals surface area contributed by atoms with Crippen LogP contribution in [-0.2, 0) is 16.0 Å². The first-order valence-corrected chi connectivity index (χ1v) is 7.38. The minimum absolute atomic E-state index is 0.0517. The van der Waals surface area contributed by atoms with Gasteiger partial charge < -0.3 is 10.0 Å². The number of hydrogen-bond donors (Lipinski definition) is 1. The molecule has 0 fully saturated rings. The van der Waals surface area contributed by atoms with Crippen LogP contribution in [0.3, 0.4) is 0 Å². The summed E-state index contributed by atoms with van der Waals surface area (Å²) in [7, 11) is 0. The molecule has 1 aliphatic carbocycles. The van der Waals surface area contributed by atoms with E-state index in [9.17, 15) is 14.7 Å². The molecule has 21 heavy (non-hydrogen) atoms. The smallest absolute Gasteiger partial charge is 0.307 e. The zero-order valence-electron chi connectivity index (χ0n) is 12.0. The van der Waals surface area contributed by atoms with Gasteiger partial charge in [-0.3, -0.25) is 9.59 Å². The summed E-state index contributed by atoms with van der Waals surface area (Å²) in [6, 6.07) is 7.98. The molecule has 0 aromatic heterocycles. The maximum atomic E-state index is 12.9. The first-order chi connectivity index (χ1) is 10.1. The van der Waals surface area contributed by atoms with Crippen molar-refractivity contribution >= 4 is 17.6 Å². The summed E-state index contributed by atoms with van der Waals surface area (Å²) in [4.78, 5) is 26.1. The van der Waals surface area contributed by atoms with Gasteiger partial charge in [-0.1, -0.05) is 30.4 Å². The fourth-order valence-corrected chi connectivity index (χ4v) is 3.44. The molecule has 3 rings (SSSR count). The first-order valence-electron chi connectivity index (χ1n) is 7.38. The molecule has 0 saturated carbocycles. The zero-order valence-corrected chi connectivity index (χ0v) is 12.0. The van der Waals surface area contributed by atoms with Gasteiger partial charge in [-0.2, -0.15) is 0 Å². The van der Waals surface area contributed by atoms with E-state index in [2.05, 4.69) is 0 Å². The highest BCUT2D eigenvalue weighted by atomic mass is 16.4. The zero-order chi connectivity index (χ0) is 15.0. The maximum Gasteiger partial charge on any atom is 0.307 e. The fourth-order valence-electron chi connectivity index (χ4n) is 3.44. The summed E-state index contributed by atoms with van der Waals surface area (Å²) < 4.78 is 0. The van der Waals surface area contributed by atoms with Gasteiger partial charge in [0.1, 0.15) is 0 Å². The summed E-state index contributed by atoms with van der Waals surface area (Å²) in [6.07, 6.45) is 5.58. The minimum Gasteiger partial charge on any atom is -0.481 e. The number of para-hydroxylation sites is 1. The molecule has 110 valence electrons. The highest BCUT2D eigenvalue weighted by Crippen LogP contribution is 2.36. The lowest BCUT2D eigenvalue weighted by Gasteiger charge is -2.31. The Labute approximate surface area is 124 Å². The third-order valence-corrected chi connectivity index (χ3v) is 4.51. The number of benzene rings is 1. The standard InChI is InChI=1S/C17H19NO3/c1-11-10-12-6-2-5-9-15(12)18(11)16(19)13-7-3-4-8-14(13)17(20)21/h2-6,9,11,13-14H,7-8,10H2,1H3,(H,20,21)/t11-,13+,14+/m1/s1. The van der Waals surface area contributed by atoms with Crippen LogP contribution in [0.2, 0.25) is 0 Å². The van der Waals surface area contributed by atoms with Crippen molar-refractivity contribution in [3.63, 3.8) is 0 Å². The van der Waals surface area contributed by atoms with Crippen molar-refractivity contribution in [1.82, 2.24) is 0 Å². The Kier molecular flexibility index (Phi) is 3.53. The van der Waals surface area contributed by atoms with Crippen molar-refractivity contribution in [2.45, 2.75) is 32.2 Å². The van der Waals surface area contributed by atoms with E-state index in [-0.39, 0.29) is 11.9 Å². The van der Waals surface area contributed by atoms with Crippen LogP contribution in [0, 0.1) is 11.8 Å². The molecule has 2 aliphatic rings. The van der Waals surface area contributed by atoms with Crippen molar-refractivity contribution in [3.8, 4) is 0 Å². The lowest BCUT2D eigenvalue weighted by atomic mass is 9.82. The average molecular weight is 285 g/mol. The van der Waals surface area contributed by atoms with Gasteiger partial charge in [0.05, 0.1) is 11.8 Å². The van der Waals surface area contributed by atoms with Crippen LogP contribution in [0.4, 0.5) is 5.69 Å². The van der Waals surface area contributed by atoms with Crippen LogP contribution >= 0.6 is 0 Å². The Hall–Kier alpha value is -2.10. The van der Waals surface area contributed by atoms with Crippen LogP contribution in [-0.4, -0.2) is 23.0 Å². The number of carbonyl (C=O) groups excluding carboxylic acids is 1. The van der Waals surface area contributed by atoms with Crippen LogP contribution < -0.4 is 4.90 Å². The normalized spacial score (nSPS) is 27.5. The number of fused-ring (bicyclic) bond motifs is 1. The maximum absolute atomic E-state index is 12.9. The third-order valence-electron chi connectivity index (χ3n) is 4.51. The van der Waals surface area contributed by atoms with E-state index in [0.717, 1.165) is 17.7 Å². The number of carbonyl (C=O) groups is 2. The van der Waals surface area contributed by atoms with Crippen LogP contribution in [0.1, 0.15) is 25.3 Å². The number of rotatable bonds is 2. The Morgan fingerprint density at radius 2 is 1.81 bits per heavy atom. The summed E-state index contributed by atoms with van der Waals surface area (Å²) in [5, 5.41) is 9.36. The topological polar surface area (TPSA) is 57.6 Å². The average Bonchev–Trinajstić information content (AvgIpc) is 2.82. The number of carboxylic acid groups (broad SMARTS) is 1. The second-order valence-electron chi connectivity index (χ2n) is 5.88. The highest BCUT2D eigenvalue weighted by Gasteiger charge is 2.40. The number of allylic oxidation sites excluding steroid dienone is 2. The van der Waals surface area contributed by atoms with Crippen molar-refractivity contribution in [2.75, 3.05) is 4.90 Å². The SMILES string of the molecule is C[C@@H]1Cc2ccccc2N1C(=O)[C@H]1CC=CC[C@@H]1C(=O)O. The number of anilines is 1. The molecule has 0 saturated heterocycles. The quantitative estimate of drug-likeness (QED) is 0.850. The Morgan fingerprint density at radius 1 is 1.14 bits per heavy atom. The largest absolute Gasteiger partial charge is 0.481 e. The predicted octanol–water partition coefficient (Wildman–Crippen LogP) is 2.63. The van der Waals surface area contributed by atoms with Crippen LogP contribution in [0.15, 0.2) is 36.4 Å². The lowest BCUT2D eigenvalue weighted by Crippen LogP contribution is -2.44. The molecule has 0 spiro atoms. The number of amides is 1. The third kappa shape index (κ3) is 2.35. The number of nitrogens with zero attached hydrogens (tertiary/aromatic N) is 1. The molecule has 4 nitrogen and oxygen atoms in total. The van der Waals surface area contributed by atoms with E-state index >= 15 is 0 Å². The molecule has 1 amide bonds. The highest BCUT2D eigenvalue weighted by molar-refractivity contribution is 5.99. The van der Waals surface area contributed by atoms with E-state index in [0.29, 0.717) is 12.8 Å². The summed E-state index contributed by atoms with van der Waals surface area (Å²) in [5.41, 5.74) is 2.10. The van der Waals surface area contributed by atoms with Gasteiger partial charge in [0.2, 0.25) is 5.91 Å². The molecule has 1 aromatic rings. The second-order valence-corrected chi connectivity index (χ2v) is 5.88. The van der Waals surface area contributed by atoms with Crippen LogP contribution in [0.5, 0.6) is 0 Å². The summed E-state index contributed by atoms with van der Waals surface area (Å²) in [5.74, 6) is -1.99. The summed E-state index contributed by atoms with van der Waals surface area (Å²) in [6.45, 7) is 2.02. The lowest BCUT2D eigenvalue weighted by molar-refractivity contribution is -0.146. The number of aliphatic carboxylic acids is 1. The van der Waals surface area contributed by atoms with E-state index in [1.165, 1.54) is 0 Å². The number of carboxylic acids is 1. The van der Waals surface area contributed by atoms with Gasteiger partial charge in [-0.05, 0) is 37.8 Å². The fraction of sp³-hybridized carbons (Fsp3) is 0.412. The van der Waals surface area contributed by atoms with Gasteiger partial charge in [0.25, 0.3) is 0 Å². The number of hydrogen-bond acceptors (Lipinski definition) is 2.